The van der Waals surface area contributed by atoms with Crippen LogP contribution < -0.4 is 5.32 Å². The van der Waals surface area contributed by atoms with Crippen LogP contribution in [0.2, 0.25) is 0 Å². The zero-order valence-electron chi connectivity index (χ0n) is 13.6. The average molecular weight is 290 g/mol. The highest BCUT2D eigenvalue weighted by molar-refractivity contribution is 5.16. The summed E-state index contributed by atoms with van der Waals surface area (Å²) < 4.78 is 5.57. The number of rotatable bonds is 8. The molecule has 0 spiro atoms. The molecule has 0 bridgehead atoms. The Kier molecular flexibility index (Phi) is 7.20. The number of ether oxygens (including phenoxy) is 1. The minimum absolute atomic E-state index is 0.584. The van der Waals surface area contributed by atoms with Crippen LogP contribution in [0.25, 0.3) is 0 Å². The topological polar surface area (TPSA) is 24.5 Å². The number of piperazine rings is 1. The maximum absolute atomic E-state index is 5.57. The van der Waals surface area contributed by atoms with Crippen molar-refractivity contribution in [3.05, 3.63) is 35.9 Å². The smallest absolute Gasteiger partial charge is 0.0593 e. The lowest BCUT2D eigenvalue weighted by atomic mass is 9.99. The molecule has 1 N–H and O–H groups in total. The van der Waals surface area contributed by atoms with Crippen molar-refractivity contribution in [2.75, 3.05) is 32.8 Å². The fraction of sp³-hybridized carbons (Fsp3) is 0.667. The first-order chi connectivity index (χ1) is 10.3. The number of hydrogen-bond acceptors (Lipinski definition) is 3. The van der Waals surface area contributed by atoms with Gasteiger partial charge in [-0.2, -0.15) is 0 Å². The van der Waals surface area contributed by atoms with E-state index in [2.05, 4.69) is 54.4 Å². The fourth-order valence-electron chi connectivity index (χ4n) is 3.16. The van der Waals surface area contributed by atoms with Crippen molar-refractivity contribution in [2.24, 2.45) is 0 Å². The lowest BCUT2D eigenvalue weighted by molar-refractivity contribution is 0.0688. The van der Waals surface area contributed by atoms with Crippen molar-refractivity contribution in [3.8, 4) is 0 Å². The van der Waals surface area contributed by atoms with Crippen molar-refractivity contribution in [1.82, 2.24) is 10.2 Å². The highest BCUT2D eigenvalue weighted by Crippen LogP contribution is 2.15. The molecule has 0 saturated carbocycles. The van der Waals surface area contributed by atoms with Crippen LogP contribution in [-0.2, 0) is 11.2 Å². The first-order valence-electron chi connectivity index (χ1n) is 8.42. The molecule has 1 aliphatic heterocycles. The Morgan fingerprint density at radius 3 is 2.76 bits per heavy atom. The van der Waals surface area contributed by atoms with Crippen LogP contribution in [-0.4, -0.2) is 49.8 Å². The molecule has 118 valence electrons. The summed E-state index contributed by atoms with van der Waals surface area (Å²) in [6.45, 7) is 9.28. The van der Waals surface area contributed by atoms with E-state index in [-0.39, 0.29) is 0 Å². The summed E-state index contributed by atoms with van der Waals surface area (Å²) in [5, 5.41) is 3.73. The van der Waals surface area contributed by atoms with Crippen molar-refractivity contribution < 1.29 is 4.74 Å². The van der Waals surface area contributed by atoms with Gasteiger partial charge in [0.2, 0.25) is 0 Å². The average Bonchev–Trinajstić information content (AvgIpc) is 2.51. The molecule has 2 rings (SSSR count). The number of hydrogen-bond donors (Lipinski definition) is 1. The van der Waals surface area contributed by atoms with Gasteiger partial charge in [-0.1, -0.05) is 43.7 Å². The van der Waals surface area contributed by atoms with Crippen LogP contribution in [0.3, 0.4) is 0 Å². The Morgan fingerprint density at radius 2 is 2.05 bits per heavy atom. The van der Waals surface area contributed by atoms with Crippen molar-refractivity contribution in [2.45, 2.75) is 45.2 Å². The number of nitrogens with zero attached hydrogens (tertiary/aromatic N) is 1. The standard InChI is InChI=1S/C18H30N2O/c1-3-8-17-15-20(11-12-21-4-2)18(14-19-17)13-16-9-6-5-7-10-16/h5-7,9-10,17-19H,3-4,8,11-15H2,1-2H3. The predicted molar refractivity (Wildman–Crippen MR) is 88.7 cm³/mol. The minimum atomic E-state index is 0.584. The van der Waals surface area contributed by atoms with E-state index in [1.54, 1.807) is 0 Å². The summed E-state index contributed by atoms with van der Waals surface area (Å²) in [6, 6.07) is 12.1. The molecule has 0 aromatic heterocycles. The van der Waals surface area contributed by atoms with Crippen LogP contribution in [0.5, 0.6) is 0 Å². The van der Waals surface area contributed by atoms with Gasteiger partial charge in [0.25, 0.3) is 0 Å². The Labute approximate surface area is 129 Å². The third-order valence-corrected chi connectivity index (χ3v) is 4.29. The Balaban J connectivity index is 1.92. The molecule has 21 heavy (non-hydrogen) atoms. The monoisotopic (exact) mass is 290 g/mol. The molecule has 1 heterocycles. The van der Waals surface area contributed by atoms with E-state index >= 15 is 0 Å². The molecule has 3 heteroatoms. The van der Waals surface area contributed by atoms with Crippen molar-refractivity contribution >= 4 is 0 Å². The molecule has 0 aliphatic carbocycles. The van der Waals surface area contributed by atoms with Crippen molar-refractivity contribution in [3.63, 3.8) is 0 Å². The second kappa shape index (κ2) is 9.19. The van der Waals surface area contributed by atoms with Crippen LogP contribution in [0.1, 0.15) is 32.3 Å². The molecule has 1 aliphatic rings. The zero-order chi connectivity index (χ0) is 14.9. The first-order valence-corrected chi connectivity index (χ1v) is 8.42. The van der Waals surface area contributed by atoms with E-state index in [0.717, 1.165) is 39.3 Å². The number of benzene rings is 1. The van der Waals surface area contributed by atoms with E-state index in [9.17, 15) is 0 Å². The lowest BCUT2D eigenvalue weighted by Gasteiger charge is -2.40. The van der Waals surface area contributed by atoms with E-state index < -0.39 is 0 Å². The summed E-state index contributed by atoms with van der Waals surface area (Å²) >= 11 is 0. The predicted octanol–water partition coefficient (Wildman–Crippen LogP) is 2.71. The SMILES string of the molecule is CCCC1CN(CCOCC)C(Cc2ccccc2)CN1. The molecule has 1 aromatic carbocycles. The van der Waals surface area contributed by atoms with Crippen LogP contribution in [0.4, 0.5) is 0 Å². The quantitative estimate of drug-likeness (QED) is 0.745. The summed E-state index contributed by atoms with van der Waals surface area (Å²) in [5.41, 5.74) is 1.43. The Morgan fingerprint density at radius 1 is 1.24 bits per heavy atom. The zero-order valence-corrected chi connectivity index (χ0v) is 13.6. The van der Waals surface area contributed by atoms with Gasteiger partial charge in [-0.25, -0.2) is 0 Å². The summed E-state index contributed by atoms with van der Waals surface area (Å²) in [6.07, 6.45) is 3.64. The number of nitrogens with one attached hydrogen (secondary N) is 1. The van der Waals surface area contributed by atoms with Gasteiger partial charge in [0.15, 0.2) is 0 Å². The van der Waals surface area contributed by atoms with E-state index in [1.807, 2.05) is 0 Å². The molecular formula is C18H30N2O. The highest BCUT2D eigenvalue weighted by Gasteiger charge is 2.27. The molecule has 3 nitrogen and oxygen atoms in total. The molecule has 0 radical (unpaired) electrons. The summed E-state index contributed by atoms with van der Waals surface area (Å²) in [7, 11) is 0. The molecule has 2 atom stereocenters. The van der Waals surface area contributed by atoms with E-state index in [1.165, 1.54) is 18.4 Å². The molecule has 0 amide bonds. The van der Waals surface area contributed by atoms with Gasteiger partial charge in [-0.15, -0.1) is 0 Å². The van der Waals surface area contributed by atoms with Gasteiger partial charge >= 0.3 is 0 Å². The molecular weight excluding hydrogens is 260 g/mol. The summed E-state index contributed by atoms with van der Waals surface area (Å²) in [5.74, 6) is 0. The molecule has 1 aromatic rings. The normalized spacial score (nSPS) is 23.3. The largest absolute Gasteiger partial charge is 0.380 e. The van der Waals surface area contributed by atoms with Gasteiger partial charge in [-0.3, -0.25) is 4.90 Å². The van der Waals surface area contributed by atoms with Gasteiger partial charge in [-0.05, 0) is 25.3 Å². The minimum Gasteiger partial charge on any atom is -0.380 e. The van der Waals surface area contributed by atoms with Crippen LogP contribution >= 0.6 is 0 Å². The molecule has 1 saturated heterocycles. The van der Waals surface area contributed by atoms with Crippen LogP contribution in [0.15, 0.2) is 30.3 Å². The molecule has 1 fully saturated rings. The summed E-state index contributed by atoms with van der Waals surface area (Å²) in [4.78, 5) is 2.62. The Bertz CT molecular complexity index is 382. The van der Waals surface area contributed by atoms with E-state index in [0.29, 0.717) is 12.1 Å². The van der Waals surface area contributed by atoms with Gasteiger partial charge in [0, 0.05) is 38.3 Å². The third-order valence-electron chi connectivity index (χ3n) is 4.29. The first kappa shape index (κ1) is 16.5. The second-order valence-corrected chi connectivity index (χ2v) is 5.93. The highest BCUT2D eigenvalue weighted by atomic mass is 16.5. The molecule has 2 unspecified atom stereocenters. The van der Waals surface area contributed by atoms with Crippen molar-refractivity contribution in [1.29, 1.82) is 0 Å². The Hall–Kier alpha value is -0.900. The maximum atomic E-state index is 5.57. The van der Waals surface area contributed by atoms with Gasteiger partial charge < -0.3 is 10.1 Å². The van der Waals surface area contributed by atoms with Gasteiger partial charge in [0.1, 0.15) is 0 Å². The maximum Gasteiger partial charge on any atom is 0.0593 e. The lowest BCUT2D eigenvalue weighted by Crippen LogP contribution is -2.57. The second-order valence-electron chi connectivity index (χ2n) is 5.93. The fourth-order valence-corrected chi connectivity index (χ4v) is 3.16. The van der Waals surface area contributed by atoms with Gasteiger partial charge in [0.05, 0.1) is 6.61 Å². The third kappa shape index (κ3) is 5.42. The van der Waals surface area contributed by atoms with Crippen LogP contribution in [0, 0.1) is 0 Å². The van der Waals surface area contributed by atoms with E-state index in [4.69, 9.17) is 4.74 Å².